The van der Waals surface area contributed by atoms with E-state index in [2.05, 4.69) is 16.0 Å². The van der Waals surface area contributed by atoms with Crippen LogP contribution in [-0.2, 0) is 11.3 Å². The summed E-state index contributed by atoms with van der Waals surface area (Å²) in [6.45, 7) is 0.246. The van der Waals surface area contributed by atoms with E-state index in [1.54, 1.807) is 42.5 Å². The number of amides is 4. The van der Waals surface area contributed by atoms with Gasteiger partial charge in [0.25, 0.3) is 11.8 Å². The number of anilines is 2. The number of nitrogens with two attached hydrogens (primary N) is 1. The molecule has 1 aliphatic heterocycles. The average molecular weight is 340 g/mol. The number of carbonyl (C=O) groups excluding carboxylic acids is 3. The third-order valence-electron chi connectivity index (χ3n) is 3.56. The maximum Gasteiger partial charge on any atom is 0.312 e. The second-order valence-corrected chi connectivity index (χ2v) is 5.42. The van der Waals surface area contributed by atoms with Crippen molar-refractivity contribution >= 4 is 29.2 Å². The summed E-state index contributed by atoms with van der Waals surface area (Å²) in [7, 11) is 0. The summed E-state index contributed by atoms with van der Waals surface area (Å²) in [6.07, 6.45) is 0. The Balaban J connectivity index is 1.66. The molecule has 3 rings (SSSR count). The number of rotatable bonds is 4. The van der Waals surface area contributed by atoms with Crippen molar-refractivity contribution in [3.05, 3.63) is 53.6 Å². The van der Waals surface area contributed by atoms with Crippen LogP contribution in [0.15, 0.2) is 42.5 Å². The Morgan fingerprint density at radius 3 is 2.64 bits per heavy atom. The Morgan fingerprint density at radius 2 is 1.92 bits per heavy atom. The summed E-state index contributed by atoms with van der Waals surface area (Å²) < 4.78 is 5.30. The van der Waals surface area contributed by atoms with Gasteiger partial charge in [-0.1, -0.05) is 12.1 Å². The molecule has 0 aliphatic carbocycles. The highest BCUT2D eigenvalue weighted by Crippen LogP contribution is 2.28. The van der Waals surface area contributed by atoms with Crippen LogP contribution in [0.4, 0.5) is 16.2 Å². The van der Waals surface area contributed by atoms with Crippen LogP contribution in [0.5, 0.6) is 5.75 Å². The molecule has 8 nitrogen and oxygen atoms in total. The fourth-order valence-electron chi connectivity index (χ4n) is 2.31. The van der Waals surface area contributed by atoms with Gasteiger partial charge in [-0.25, -0.2) is 4.79 Å². The second-order valence-electron chi connectivity index (χ2n) is 5.42. The number of carbonyl (C=O) groups is 3. The fourth-order valence-corrected chi connectivity index (χ4v) is 2.31. The van der Waals surface area contributed by atoms with Gasteiger partial charge in [0, 0.05) is 17.8 Å². The first-order valence-corrected chi connectivity index (χ1v) is 7.51. The first-order chi connectivity index (χ1) is 12.0. The molecular weight excluding hydrogens is 324 g/mol. The molecule has 0 saturated carbocycles. The summed E-state index contributed by atoms with van der Waals surface area (Å²) in [5.74, 6) is -0.0675. The second kappa shape index (κ2) is 6.91. The number of hydrogen-bond donors (Lipinski definition) is 4. The molecule has 0 aromatic heterocycles. The Hall–Kier alpha value is -3.55. The lowest BCUT2D eigenvalue weighted by Crippen LogP contribution is -2.28. The molecule has 2 aromatic carbocycles. The van der Waals surface area contributed by atoms with Gasteiger partial charge in [-0.3, -0.25) is 9.59 Å². The minimum Gasteiger partial charge on any atom is -0.482 e. The van der Waals surface area contributed by atoms with Gasteiger partial charge in [0.15, 0.2) is 6.61 Å². The van der Waals surface area contributed by atoms with Crippen LogP contribution in [0, 0.1) is 0 Å². The molecule has 8 heteroatoms. The maximum absolute atomic E-state index is 12.3. The first-order valence-electron chi connectivity index (χ1n) is 7.51. The molecule has 2 aromatic rings. The van der Waals surface area contributed by atoms with E-state index in [1.165, 1.54) is 0 Å². The molecule has 1 heterocycles. The SMILES string of the molecule is NC(=O)NCc1ccc(NC(=O)c2ccc3c(c2)OCC(=O)N3)cc1. The van der Waals surface area contributed by atoms with E-state index in [9.17, 15) is 14.4 Å². The van der Waals surface area contributed by atoms with Crippen molar-refractivity contribution in [2.45, 2.75) is 6.54 Å². The Labute approximate surface area is 143 Å². The molecule has 0 radical (unpaired) electrons. The number of nitrogens with one attached hydrogen (secondary N) is 3. The molecule has 0 bridgehead atoms. The van der Waals surface area contributed by atoms with Crippen LogP contribution in [0.3, 0.4) is 0 Å². The van der Waals surface area contributed by atoms with Crippen molar-refractivity contribution in [2.24, 2.45) is 5.73 Å². The Bertz CT molecular complexity index is 833. The molecule has 0 unspecified atom stereocenters. The molecule has 5 N–H and O–H groups in total. The van der Waals surface area contributed by atoms with E-state index in [1.807, 2.05) is 0 Å². The normalized spacial score (nSPS) is 12.4. The largest absolute Gasteiger partial charge is 0.482 e. The van der Waals surface area contributed by atoms with Crippen LogP contribution in [-0.4, -0.2) is 24.5 Å². The number of hydrogen-bond acceptors (Lipinski definition) is 4. The smallest absolute Gasteiger partial charge is 0.312 e. The number of fused-ring (bicyclic) bond motifs is 1. The Kier molecular flexibility index (Phi) is 4.51. The summed E-state index contributed by atoms with van der Waals surface area (Å²) in [5, 5.41) is 7.93. The van der Waals surface area contributed by atoms with Gasteiger partial charge >= 0.3 is 6.03 Å². The van der Waals surface area contributed by atoms with Gasteiger partial charge in [-0.05, 0) is 35.9 Å². The highest BCUT2D eigenvalue weighted by atomic mass is 16.5. The summed E-state index contributed by atoms with van der Waals surface area (Å²) >= 11 is 0. The number of ether oxygens (including phenoxy) is 1. The monoisotopic (exact) mass is 340 g/mol. The van der Waals surface area contributed by atoms with Gasteiger partial charge in [-0.15, -0.1) is 0 Å². The zero-order valence-electron chi connectivity index (χ0n) is 13.2. The highest BCUT2D eigenvalue weighted by Gasteiger charge is 2.17. The number of primary amides is 1. The molecule has 25 heavy (non-hydrogen) atoms. The van der Waals surface area contributed by atoms with Gasteiger partial charge < -0.3 is 26.4 Å². The van der Waals surface area contributed by atoms with Crippen molar-refractivity contribution in [1.82, 2.24) is 5.32 Å². The lowest BCUT2D eigenvalue weighted by molar-refractivity contribution is -0.118. The average Bonchev–Trinajstić information content (AvgIpc) is 2.60. The van der Waals surface area contributed by atoms with Crippen LogP contribution < -0.4 is 26.4 Å². The molecule has 0 fully saturated rings. The minimum atomic E-state index is -0.594. The third kappa shape index (κ3) is 4.05. The van der Waals surface area contributed by atoms with E-state index in [0.717, 1.165) is 5.56 Å². The lowest BCUT2D eigenvalue weighted by atomic mass is 10.1. The summed E-state index contributed by atoms with van der Waals surface area (Å²) in [6, 6.07) is 11.2. The number of urea groups is 1. The van der Waals surface area contributed by atoms with Gasteiger partial charge in [0.1, 0.15) is 5.75 Å². The topological polar surface area (TPSA) is 123 Å². The lowest BCUT2D eigenvalue weighted by Gasteiger charge is -2.18. The van der Waals surface area contributed by atoms with Crippen molar-refractivity contribution < 1.29 is 19.1 Å². The van der Waals surface area contributed by atoms with Crippen LogP contribution >= 0.6 is 0 Å². The molecule has 4 amide bonds. The van der Waals surface area contributed by atoms with E-state index < -0.39 is 6.03 Å². The predicted octanol–water partition coefficient (Wildman–Crippen LogP) is 1.44. The van der Waals surface area contributed by atoms with Crippen molar-refractivity contribution in [1.29, 1.82) is 0 Å². The quantitative estimate of drug-likeness (QED) is 0.672. The predicted molar refractivity (Wildman–Crippen MR) is 91.4 cm³/mol. The van der Waals surface area contributed by atoms with Gasteiger partial charge in [-0.2, -0.15) is 0 Å². The fraction of sp³-hybridized carbons (Fsp3) is 0.118. The molecule has 1 aliphatic rings. The number of benzene rings is 2. The molecular formula is C17H16N4O4. The van der Waals surface area contributed by atoms with E-state index in [4.69, 9.17) is 10.5 Å². The standard InChI is InChI=1S/C17H16N4O4/c18-17(24)19-8-10-1-4-12(5-2-10)20-16(23)11-3-6-13-14(7-11)25-9-15(22)21-13/h1-7H,8-9H2,(H,20,23)(H,21,22)(H3,18,19,24). The van der Waals surface area contributed by atoms with Crippen molar-refractivity contribution in [3.8, 4) is 5.75 Å². The zero-order chi connectivity index (χ0) is 17.8. The van der Waals surface area contributed by atoms with Crippen LogP contribution in [0.2, 0.25) is 0 Å². The van der Waals surface area contributed by atoms with Crippen molar-refractivity contribution in [3.63, 3.8) is 0 Å². The minimum absolute atomic E-state index is 0.0706. The van der Waals surface area contributed by atoms with Crippen LogP contribution in [0.1, 0.15) is 15.9 Å². The summed E-state index contributed by atoms with van der Waals surface area (Å²) in [5.41, 5.74) is 7.44. The molecule has 0 spiro atoms. The third-order valence-corrected chi connectivity index (χ3v) is 3.56. The molecule has 0 saturated heterocycles. The molecule has 128 valence electrons. The van der Waals surface area contributed by atoms with Gasteiger partial charge in [0.2, 0.25) is 0 Å². The zero-order valence-corrected chi connectivity index (χ0v) is 13.2. The van der Waals surface area contributed by atoms with Crippen molar-refractivity contribution in [2.75, 3.05) is 17.2 Å². The first kappa shape index (κ1) is 16.3. The molecule has 0 atom stereocenters. The highest BCUT2D eigenvalue weighted by molar-refractivity contribution is 6.05. The van der Waals surface area contributed by atoms with E-state index in [0.29, 0.717) is 29.2 Å². The van der Waals surface area contributed by atoms with E-state index >= 15 is 0 Å². The van der Waals surface area contributed by atoms with Gasteiger partial charge in [0.05, 0.1) is 5.69 Å². The Morgan fingerprint density at radius 1 is 1.16 bits per heavy atom. The maximum atomic E-state index is 12.3. The summed E-state index contributed by atoms with van der Waals surface area (Å²) in [4.78, 5) is 34.3. The van der Waals surface area contributed by atoms with E-state index in [-0.39, 0.29) is 18.4 Å². The van der Waals surface area contributed by atoms with Crippen LogP contribution in [0.25, 0.3) is 0 Å².